The van der Waals surface area contributed by atoms with E-state index in [9.17, 15) is 0 Å². The molecule has 0 saturated heterocycles. The van der Waals surface area contributed by atoms with Gasteiger partial charge >= 0.3 is 0 Å². The van der Waals surface area contributed by atoms with Crippen LogP contribution in [0.15, 0.2) is 29.3 Å². The lowest BCUT2D eigenvalue weighted by atomic mass is 10.1. The molecule has 5 heteroatoms. The highest BCUT2D eigenvalue weighted by molar-refractivity contribution is 14.0. The van der Waals surface area contributed by atoms with Gasteiger partial charge in [-0.3, -0.25) is 4.99 Å². The Kier molecular flexibility index (Phi) is 12.2. The average molecular weight is 418 g/mol. The molecule has 0 saturated carbocycles. The quantitative estimate of drug-likeness (QED) is 0.388. The third-order valence-electron chi connectivity index (χ3n) is 3.64. The van der Waals surface area contributed by atoms with E-state index in [0.717, 1.165) is 38.7 Å². The summed E-state index contributed by atoms with van der Waals surface area (Å²) in [5, 5.41) is 6.75. The van der Waals surface area contributed by atoms with Gasteiger partial charge in [0.2, 0.25) is 0 Å². The second-order valence-corrected chi connectivity index (χ2v) is 5.21. The lowest BCUT2D eigenvalue weighted by molar-refractivity contribution is 0.293. The first-order valence-corrected chi connectivity index (χ1v) is 7.92. The number of likely N-dealkylation sites (N-methyl/N-ethyl adjacent to an activating group) is 1. The van der Waals surface area contributed by atoms with Gasteiger partial charge in [0.15, 0.2) is 5.96 Å². The van der Waals surface area contributed by atoms with Crippen LogP contribution in [-0.2, 0) is 6.54 Å². The summed E-state index contributed by atoms with van der Waals surface area (Å²) in [6.07, 6.45) is 1.20. The van der Waals surface area contributed by atoms with Crippen LogP contribution in [0.2, 0.25) is 0 Å². The number of aliphatic imine (C=N–C) groups is 1. The van der Waals surface area contributed by atoms with E-state index >= 15 is 0 Å². The van der Waals surface area contributed by atoms with Gasteiger partial charge in [0.25, 0.3) is 0 Å². The van der Waals surface area contributed by atoms with Crippen LogP contribution in [-0.4, -0.2) is 44.1 Å². The van der Waals surface area contributed by atoms with E-state index in [1.807, 2.05) is 7.05 Å². The lowest BCUT2D eigenvalue weighted by Gasteiger charge is -2.20. The van der Waals surface area contributed by atoms with E-state index in [1.165, 1.54) is 17.5 Å². The van der Waals surface area contributed by atoms with E-state index in [-0.39, 0.29) is 24.0 Å². The minimum absolute atomic E-state index is 0. The molecule has 0 unspecified atom stereocenters. The zero-order valence-electron chi connectivity index (χ0n) is 14.4. The molecular weight excluding hydrogens is 387 g/mol. The zero-order chi connectivity index (χ0) is 15.5. The number of nitrogens with one attached hydrogen (secondary N) is 2. The Hall–Kier alpha value is -0.820. The van der Waals surface area contributed by atoms with Gasteiger partial charge in [-0.05, 0) is 37.6 Å². The summed E-state index contributed by atoms with van der Waals surface area (Å²) in [4.78, 5) is 6.72. The Morgan fingerprint density at radius 3 is 2.45 bits per heavy atom. The number of halogens is 1. The normalized spacial score (nSPS) is 11.2. The smallest absolute Gasteiger partial charge is 0.191 e. The van der Waals surface area contributed by atoms with Crippen LogP contribution >= 0.6 is 24.0 Å². The molecule has 0 bridgehead atoms. The fourth-order valence-electron chi connectivity index (χ4n) is 2.28. The largest absolute Gasteiger partial charge is 0.355 e. The van der Waals surface area contributed by atoms with Crippen molar-refractivity contribution in [3.63, 3.8) is 0 Å². The van der Waals surface area contributed by atoms with Gasteiger partial charge in [-0.25, -0.2) is 0 Å². The molecular formula is C17H31IN4. The van der Waals surface area contributed by atoms with Crippen LogP contribution in [0.5, 0.6) is 0 Å². The SMILES string of the molecule is CCCN(CC)CCNC(=NC)NCc1ccccc1C.I. The molecule has 0 fully saturated rings. The Morgan fingerprint density at radius 1 is 1.14 bits per heavy atom. The van der Waals surface area contributed by atoms with Gasteiger partial charge in [-0.1, -0.05) is 38.1 Å². The third-order valence-corrected chi connectivity index (χ3v) is 3.64. The minimum atomic E-state index is 0. The molecule has 2 N–H and O–H groups in total. The molecule has 0 amide bonds. The lowest BCUT2D eigenvalue weighted by Crippen LogP contribution is -2.41. The Labute approximate surface area is 152 Å². The van der Waals surface area contributed by atoms with Crippen LogP contribution in [0, 0.1) is 6.92 Å². The van der Waals surface area contributed by atoms with Crippen LogP contribution in [0.4, 0.5) is 0 Å². The molecule has 1 rings (SSSR count). The van der Waals surface area contributed by atoms with Crippen molar-refractivity contribution in [3.8, 4) is 0 Å². The number of aryl methyl sites for hydroxylation is 1. The van der Waals surface area contributed by atoms with Crippen molar-refractivity contribution >= 4 is 29.9 Å². The van der Waals surface area contributed by atoms with Crippen LogP contribution < -0.4 is 10.6 Å². The molecule has 0 radical (unpaired) electrons. The first-order valence-electron chi connectivity index (χ1n) is 7.92. The number of nitrogens with zero attached hydrogens (tertiary/aromatic N) is 2. The molecule has 0 aromatic heterocycles. The number of hydrogen-bond acceptors (Lipinski definition) is 2. The molecule has 0 aliphatic rings. The van der Waals surface area contributed by atoms with Gasteiger partial charge in [0.05, 0.1) is 0 Å². The highest BCUT2D eigenvalue weighted by Crippen LogP contribution is 2.05. The van der Waals surface area contributed by atoms with Gasteiger partial charge < -0.3 is 15.5 Å². The van der Waals surface area contributed by atoms with Crippen molar-refractivity contribution in [1.82, 2.24) is 15.5 Å². The monoisotopic (exact) mass is 418 g/mol. The summed E-state index contributed by atoms with van der Waals surface area (Å²) < 4.78 is 0. The molecule has 0 spiro atoms. The molecule has 0 heterocycles. The van der Waals surface area contributed by atoms with Gasteiger partial charge in [-0.15, -0.1) is 24.0 Å². The maximum Gasteiger partial charge on any atom is 0.191 e. The number of guanidine groups is 1. The summed E-state index contributed by atoms with van der Waals surface area (Å²) in [6.45, 7) is 11.6. The molecule has 22 heavy (non-hydrogen) atoms. The second kappa shape index (κ2) is 12.7. The van der Waals surface area contributed by atoms with Crippen molar-refractivity contribution in [2.75, 3.05) is 33.2 Å². The second-order valence-electron chi connectivity index (χ2n) is 5.21. The van der Waals surface area contributed by atoms with Gasteiger partial charge in [-0.2, -0.15) is 0 Å². The maximum atomic E-state index is 4.28. The first-order chi connectivity index (χ1) is 10.2. The highest BCUT2D eigenvalue weighted by atomic mass is 127. The predicted molar refractivity (Wildman–Crippen MR) is 107 cm³/mol. The standard InChI is InChI=1S/C17H30N4.HI/c1-5-12-21(6-2)13-11-19-17(18-4)20-14-16-10-8-7-9-15(16)3;/h7-10H,5-6,11-14H2,1-4H3,(H2,18,19,20);1H. The number of rotatable bonds is 8. The third kappa shape index (κ3) is 7.98. The average Bonchev–Trinajstić information content (AvgIpc) is 2.51. The fraction of sp³-hybridized carbons (Fsp3) is 0.588. The van der Waals surface area contributed by atoms with Crippen molar-refractivity contribution in [2.24, 2.45) is 4.99 Å². The van der Waals surface area contributed by atoms with E-state index in [1.54, 1.807) is 0 Å². The van der Waals surface area contributed by atoms with Crippen molar-refractivity contribution < 1.29 is 0 Å². The van der Waals surface area contributed by atoms with E-state index in [0.29, 0.717) is 0 Å². The van der Waals surface area contributed by atoms with Crippen molar-refractivity contribution in [3.05, 3.63) is 35.4 Å². The Morgan fingerprint density at radius 2 is 1.86 bits per heavy atom. The van der Waals surface area contributed by atoms with E-state index in [4.69, 9.17) is 0 Å². The minimum Gasteiger partial charge on any atom is -0.355 e. The molecule has 0 aliphatic carbocycles. The summed E-state index contributed by atoms with van der Waals surface area (Å²) in [7, 11) is 1.82. The predicted octanol–water partition coefficient (Wildman–Crippen LogP) is 3.01. The van der Waals surface area contributed by atoms with Gasteiger partial charge in [0, 0.05) is 26.7 Å². The van der Waals surface area contributed by atoms with Crippen molar-refractivity contribution in [2.45, 2.75) is 33.7 Å². The Bertz CT molecular complexity index is 434. The zero-order valence-corrected chi connectivity index (χ0v) is 16.7. The van der Waals surface area contributed by atoms with E-state index < -0.39 is 0 Å². The summed E-state index contributed by atoms with van der Waals surface area (Å²) in [5.74, 6) is 0.866. The summed E-state index contributed by atoms with van der Waals surface area (Å²) >= 11 is 0. The summed E-state index contributed by atoms with van der Waals surface area (Å²) in [5.41, 5.74) is 2.61. The van der Waals surface area contributed by atoms with Crippen LogP contribution in [0.3, 0.4) is 0 Å². The number of hydrogen-bond donors (Lipinski definition) is 2. The van der Waals surface area contributed by atoms with Gasteiger partial charge in [0.1, 0.15) is 0 Å². The number of benzene rings is 1. The Balaban J connectivity index is 0.00000441. The summed E-state index contributed by atoms with van der Waals surface area (Å²) in [6, 6.07) is 8.43. The molecule has 1 aromatic rings. The molecule has 0 aliphatic heterocycles. The topological polar surface area (TPSA) is 39.7 Å². The van der Waals surface area contributed by atoms with E-state index in [2.05, 4.69) is 65.6 Å². The maximum absolute atomic E-state index is 4.28. The molecule has 1 aromatic carbocycles. The first kappa shape index (κ1) is 21.2. The van der Waals surface area contributed by atoms with Crippen LogP contribution in [0.25, 0.3) is 0 Å². The molecule has 4 nitrogen and oxygen atoms in total. The molecule has 0 atom stereocenters. The fourth-order valence-corrected chi connectivity index (χ4v) is 2.28. The highest BCUT2D eigenvalue weighted by Gasteiger charge is 2.03. The van der Waals surface area contributed by atoms with Crippen LogP contribution in [0.1, 0.15) is 31.4 Å². The molecule has 126 valence electrons. The van der Waals surface area contributed by atoms with Crippen molar-refractivity contribution in [1.29, 1.82) is 0 Å².